The molecule has 24 heavy (non-hydrogen) atoms. The lowest BCUT2D eigenvalue weighted by Gasteiger charge is -2.11. The minimum atomic E-state index is -0.185. The summed E-state index contributed by atoms with van der Waals surface area (Å²) in [6.45, 7) is 3.60. The first-order chi connectivity index (χ1) is 11.6. The molecular weight excluding hydrogens is 306 g/mol. The molecule has 0 unspecified atom stereocenters. The number of aromatic nitrogens is 2. The summed E-state index contributed by atoms with van der Waals surface area (Å²) in [5, 5.41) is 6.69. The molecule has 0 saturated carbocycles. The molecule has 0 bridgehead atoms. The van der Waals surface area contributed by atoms with Gasteiger partial charge < -0.3 is 14.6 Å². The third-order valence-corrected chi connectivity index (χ3v) is 3.52. The molecule has 3 rings (SSSR count). The summed E-state index contributed by atoms with van der Waals surface area (Å²) in [6.07, 6.45) is 1.79. The van der Waals surface area contributed by atoms with Crippen LogP contribution in [0.2, 0.25) is 0 Å². The molecule has 122 valence electrons. The first-order valence-corrected chi connectivity index (χ1v) is 7.53. The van der Waals surface area contributed by atoms with Gasteiger partial charge in [-0.2, -0.15) is 0 Å². The normalized spacial score (nSPS) is 10.4. The number of carbonyl (C=O) groups excluding carboxylic acids is 1. The number of para-hydroxylation sites is 1. The number of rotatable bonds is 5. The predicted molar refractivity (Wildman–Crippen MR) is 89.1 cm³/mol. The van der Waals surface area contributed by atoms with Gasteiger partial charge >= 0.3 is 0 Å². The number of hydrogen-bond donors (Lipinski definition) is 1. The lowest BCUT2D eigenvalue weighted by Crippen LogP contribution is -2.16. The summed E-state index contributed by atoms with van der Waals surface area (Å²) in [5.74, 6) is 1.46. The van der Waals surface area contributed by atoms with Crippen LogP contribution in [0.3, 0.4) is 0 Å². The van der Waals surface area contributed by atoms with Crippen molar-refractivity contribution in [2.75, 3.05) is 5.32 Å². The number of ether oxygens (including phenoxy) is 1. The van der Waals surface area contributed by atoms with Crippen molar-refractivity contribution in [1.82, 2.24) is 10.1 Å². The summed E-state index contributed by atoms with van der Waals surface area (Å²) in [5.41, 5.74) is 2.02. The van der Waals surface area contributed by atoms with Crippen molar-refractivity contribution in [3.05, 3.63) is 65.7 Å². The van der Waals surface area contributed by atoms with Crippen molar-refractivity contribution in [3.63, 3.8) is 0 Å². The highest BCUT2D eigenvalue weighted by Gasteiger charge is 2.15. The zero-order valence-corrected chi connectivity index (χ0v) is 13.4. The minimum absolute atomic E-state index is 0.181. The van der Waals surface area contributed by atoms with Crippen molar-refractivity contribution in [2.45, 2.75) is 20.3 Å². The van der Waals surface area contributed by atoms with E-state index in [2.05, 4.69) is 15.5 Å². The molecule has 1 amide bonds. The van der Waals surface area contributed by atoms with Crippen LogP contribution in [0.1, 0.15) is 17.0 Å². The Hall–Kier alpha value is -3.15. The molecule has 0 radical (unpaired) electrons. The van der Waals surface area contributed by atoms with Crippen LogP contribution < -0.4 is 10.1 Å². The molecular formula is C18H17N3O3. The Morgan fingerprint density at radius 1 is 1.17 bits per heavy atom. The third kappa shape index (κ3) is 3.60. The predicted octanol–water partition coefficient (Wildman–Crippen LogP) is 3.66. The van der Waals surface area contributed by atoms with Gasteiger partial charge in [0.15, 0.2) is 0 Å². The van der Waals surface area contributed by atoms with Crippen LogP contribution in [0.15, 0.2) is 53.2 Å². The van der Waals surface area contributed by atoms with Gasteiger partial charge in [-0.25, -0.2) is 4.98 Å². The summed E-state index contributed by atoms with van der Waals surface area (Å²) in [4.78, 5) is 16.5. The molecule has 3 aromatic rings. The highest BCUT2D eigenvalue weighted by molar-refractivity contribution is 5.93. The summed E-state index contributed by atoms with van der Waals surface area (Å²) < 4.78 is 10.8. The molecule has 1 N–H and O–H groups in total. The number of nitrogens with zero attached hydrogens (tertiary/aromatic N) is 2. The lowest BCUT2D eigenvalue weighted by atomic mass is 10.1. The number of anilines is 1. The summed E-state index contributed by atoms with van der Waals surface area (Å²) in [6, 6.07) is 12.8. The molecule has 0 fully saturated rings. The van der Waals surface area contributed by atoms with E-state index in [0.29, 0.717) is 23.1 Å². The van der Waals surface area contributed by atoms with Gasteiger partial charge in [0.25, 0.3) is 0 Å². The Labute approximate surface area is 139 Å². The molecule has 1 aromatic carbocycles. The number of pyridine rings is 1. The smallest absolute Gasteiger partial charge is 0.243 e. The van der Waals surface area contributed by atoms with E-state index in [1.165, 1.54) is 0 Å². The highest BCUT2D eigenvalue weighted by Crippen LogP contribution is 2.26. The zero-order valence-electron chi connectivity index (χ0n) is 13.4. The van der Waals surface area contributed by atoms with Gasteiger partial charge in [0.05, 0.1) is 12.1 Å². The number of nitrogens with one attached hydrogen (secondary N) is 1. The average molecular weight is 323 g/mol. The van der Waals surface area contributed by atoms with Gasteiger partial charge in [0.1, 0.15) is 17.2 Å². The molecule has 0 spiro atoms. The van der Waals surface area contributed by atoms with Crippen LogP contribution in [-0.4, -0.2) is 16.0 Å². The van der Waals surface area contributed by atoms with Crippen LogP contribution in [0.25, 0.3) is 0 Å². The van der Waals surface area contributed by atoms with E-state index >= 15 is 0 Å². The van der Waals surface area contributed by atoms with Crippen LogP contribution in [-0.2, 0) is 11.2 Å². The average Bonchev–Trinajstić information content (AvgIpc) is 2.89. The second-order valence-electron chi connectivity index (χ2n) is 5.30. The molecule has 2 aromatic heterocycles. The fourth-order valence-corrected chi connectivity index (χ4v) is 2.28. The van der Waals surface area contributed by atoms with E-state index in [4.69, 9.17) is 9.26 Å². The molecule has 0 aliphatic rings. The second kappa shape index (κ2) is 6.95. The van der Waals surface area contributed by atoms with Gasteiger partial charge in [0, 0.05) is 11.8 Å². The number of carbonyl (C=O) groups is 1. The number of amides is 1. The Bertz CT molecular complexity index is 824. The molecule has 0 atom stereocenters. The topological polar surface area (TPSA) is 77.3 Å². The van der Waals surface area contributed by atoms with Crippen LogP contribution >= 0.6 is 0 Å². The van der Waals surface area contributed by atoms with E-state index in [1.807, 2.05) is 37.3 Å². The highest BCUT2D eigenvalue weighted by atomic mass is 16.5. The Morgan fingerprint density at radius 2 is 1.96 bits per heavy atom. The fraction of sp³-hybridized carbons (Fsp3) is 0.167. The maximum absolute atomic E-state index is 12.3. The van der Waals surface area contributed by atoms with Crippen molar-refractivity contribution in [3.8, 4) is 11.6 Å². The van der Waals surface area contributed by atoms with Crippen molar-refractivity contribution >= 4 is 11.6 Å². The first-order valence-electron chi connectivity index (χ1n) is 7.53. The molecule has 0 saturated heterocycles. The van der Waals surface area contributed by atoms with Crippen molar-refractivity contribution in [2.24, 2.45) is 0 Å². The Kier molecular flexibility index (Phi) is 4.56. The van der Waals surface area contributed by atoms with Gasteiger partial charge in [-0.05, 0) is 38.1 Å². The molecule has 0 aliphatic heterocycles. The van der Waals surface area contributed by atoms with Gasteiger partial charge in [-0.3, -0.25) is 4.79 Å². The second-order valence-corrected chi connectivity index (χ2v) is 5.30. The largest absolute Gasteiger partial charge is 0.437 e. The van der Waals surface area contributed by atoms with Gasteiger partial charge in [0.2, 0.25) is 11.8 Å². The van der Waals surface area contributed by atoms with E-state index in [1.54, 1.807) is 25.3 Å². The number of benzene rings is 1. The Morgan fingerprint density at radius 3 is 2.67 bits per heavy atom. The summed E-state index contributed by atoms with van der Waals surface area (Å²) >= 11 is 0. The van der Waals surface area contributed by atoms with Crippen molar-refractivity contribution < 1.29 is 14.1 Å². The standard InChI is InChI=1S/C18H17N3O3/c1-12-15(13(2)24-21-12)11-17(22)20-16-9-6-10-19-18(16)23-14-7-4-3-5-8-14/h3-10H,11H2,1-2H3,(H,20,22). The maximum Gasteiger partial charge on any atom is 0.243 e. The molecule has 6 nitrogen and oxygen atoms in total. The van der Waals surface area contributed by atoms with E-state index in [-0.39, 0.29) is 12.3 Å². The van der Waals surface area contributed by atoms with Gasteiger partial charge in [-0.15, -0.1) is 0 Å². The quantitative estimate of drug-likeness (QED) is 0.775. The zero-order chi connectivity index (χ0) is 16.9. The molecule has 6 heteroatoms. The minimum Gasteiger partial charge on any atom is -0.437 e. The molecule has 0 aliphatic carbocycles. The van der Waals surface area contributed by atoms with E-state index in [0.717, 1.165) is 11.3 Å². The molecule has 2 heterocycles. The lowest BCUT2D eigenvalue weighted by molar-refractivity contribution is -0.115. The van der Waals surface area contributed by atoms with Crippen LogP contribution in [0.5, 0.6) is 11.6 Å². The first kappa shape index (κ1) is 15.7. The fourth-order valence-electron chi connectivity index (χ4n) is 2.28. The number of aryl methyl sites for hydroxylation is 2. The van der Waals surface area contributed by atoms with E-state index in [9.17, 15) is 4.79 Å². The monoisotopic (exact) mass is 323 g/mol. The van der Waals surface area contributed by atoms with Crippen LogP contribution in [0.4, 0.5) is 5.69 Å². The Balaban J connectivity index is 1.74. The summed E-state index contributed by atoms with van der Waals surface area (Å²) in [7, 11) is 0. The van der Waals surface area contributed by atoms with Gasteiger partial charge in [-0.1, -0.05) is 23.4 Å². The van der Waals surface area contributed by atoms with E-state index < -0.39 is 0 Å². The van der Waals surface area contributed by atoms with Crippen LogP contribution in [0, 0.1) is 13.8 Å². The van der Waals surface area contributed by atoms with Crippen molar-refractivity contribution in [1.29, 1.82) is 0 Å². The number of hydrogen-bond acceptors (Lipinski definition) is 5. The maximum atomic E-state index is 12.3. The third-order valence-electron chi connectivity index (χ3n) is 3.52. The SMILES string of the molecule is Cc1noc(C)c1CC(=O)Nc1cccnc1Oc1ccccc1.